The molecule has 0 aliphatic rings. The van der Waals surface area contributed by atoms with E-state index in [-0.39, 0.29) is 5.97 Å². The Bertz CT molecular complexity index is 371. The van der Waals surface area contributed by atoms with E-state index in [1.807, 2.05) is 24.3 Å². The Kier molecular flexibility index (Phi) is 4.58. The van der Waals surface area contributed by atoms with E-state index in [1.54, 1.807) is 13.0 Å². The first kappa shape index (κ1) is 12.3. The molecular formula is C13H16O3. The number of allylic oxidation sites excluding steroid dienone is 1. The molecule has 1 atom stereocenters. The molecule has 1 aromatic rings. The van der Waals surface area contributed by atoms with Crippen LogP contribution in [0, 0.1) is 0 Å². The number of esters is 1. The molecular weight excluding hydrogens is 204 g/mol. The Morgan fingerprint density at radius 1 is 1.50 bits per heavy atom. The van der Waals surface area contributed by atoms with E-state index >= 15 is 0 Å². The molecule has 0 saturated heterocycles. The topological polar surface area (TPSA) is 35.5 Å². The summed E-state index contributed by atoms with van der Waals surface area (Å²) in [4.78, 5) is 11.2. The molecule has 0 fully saturated rings. The predicted molar refractivity (Wildman–Crippen MR) is 62.4 cm³/mol. The Labute approximate surface area is 95.7 Å². The van der Waals surface area contributed by atoms with Crippen molar-refractivity contribution in [1.29, 1.82) is 0 Å². The maximum absolute atomic E-state index is 11.2. The third-order valence-electron chi connectivity index (χ3n) is 2.17. The van der Waals surface area contributed by atoms with Crippen molar-refractivity contribution in [3.63, 3.8) is 0 Å². The van der Waals surface area contributed by atoms with Crippen molar-refractivity contribution in [3.8, 4) is 5.75 Å². The molecule has 0 amide bonds. The van der Waals surface area contributed by atoms with Gasteiger partial charge < -0.3 is 9.47 Å². The van der Waals surface area contributed by atoms with Crippen LogP contribution in [-0.4, -0.2) is 19.2 Å². The lowest BCUT2D eigenvalue weighted by Crippen LogP contribution is -2.25. The highest BCUT2D eigenvalue weighted by atomic mass is 16.6. The fourth-order valence-electron chi connectivity index (χ4n) is 1.35. The van der Waals surface area contributed by atoms with Gasteiger partial charge in [0.15, 0.2) is 6.10 Å². The summed E-state index contributed by atoms with van der Waals surface area (Å²) in [5.41, 5.74) is 1.01. The summed E-state index contributed by atoms with van der Waals surface area (Å²) in [6, 6.07) is 7.57. The average Bonchev–Trinajstić information content (AvgIpc) is 2.31. The zero-order valence-corrected chi connectivity index (χ0v) is 9.60. The van der Waals surface area contributed by atoms with Gasteiger partial charge in [-0.15, -0.1) is 6.58 Å². The number of carbonyl (C=O) groups is 1. The van der Waals surface area contributed by atoms with Gasteiger partial charge in [-0.1, -0.05) is 24.3 Å². The summed E-state index contributed by atoms with van der Waals surface area (Å²) >= 11 is 0. The minimum Gasteiger partial charge on any atom is -0.479 e. The lowest BCUT2D eigenvalue weighted by Gasteiger charge is -2.14. The van der Waals surface area contributed by atoms with Gasteiger partial charge in [-0.3, -0.25) is 0 Å². The Morgan fingerprint density at radius 2 is 2.19 bits per heavy atom. The molecule has 1 rings (SSSR count). The van der Waals surface area contributed by atoms with Crippen LogP contribution in [0.2, 0.25) is 0 Å². The zero-order chi connectivity index (χ0) is 12.0. The summed E-state index contributed by atoms with van der Waals surface area (Å²) in [6.07, 6.45) is 1.91. The molecule has 0 radical (unpaired) electrons. The third-order valence-corrected chi connectivity index (χ3v) is 2.17. The van der Waals surface area contributed by atoms with E-state index in [1.165, 1.54) is 7.11 Å². The first-order valence-corrected chi connectivity index (χ1v) is 5.12. The fraction of sp³-hybridized carbons (Fsp3) is 0.308. The molecule has 0 heterocycles. The maximum Gasteiger partial charge on any atom is 0.346 e. The molecule has 0 aliphatic carbocycles. The second-order valence-corrected chi connectivity index (χ2v) is 3.38. The molecule has 0 saturated carbocycles. The molecule has 1 aromatic carbocycles. The van der Waals surface area contributed by atoms with Crippen molar-refractivity contribution in [2.45, 2.75) is 19.4 Å². The number of carbonyl (C=O) groups excluding carboxylic acids is 1. The van der Waals surface area contributed by atoms with Crippen molar-refractivity contribution in [3.05, 3.63) is 42.5 Å². The molecule has 86 valence electrons. The number of hydrogen-bond acceptors (Lipinski definition) is 3. The zero-order valence-electron chi connectivity index (χ0n) is 9.60. The average molecular weight is 220 g/mol. The Hall–Kier alpha value is -1.77. The minimum absolute atomic E-state index is 0.381. The maximum atomic E-state index is 11.2. The monoisotopic (exact) mass is 220 g/mol. The highest BCUT2D eigenvalue weighted by Gasteiger charge is 2.15. The fourth-order valence-corrected chi connectivity index (χ4v) is 1.35. The van der Waals surface area contributed by atoms with Crippen LogP contribution in [0.15, 0.2) is 36.9 Å². The van der Waals surface area contributed by atoms with E-state index in [2.05, 4.69) is 11.3 Å². The van der Waals surface area contributed by atoms with Crippen LogP contribution in [-0.2, 0) is 16.0 Å². The second-order valence-electron chi connectivity index (χ2n) is 3.38. The lowest BCUT2D eigenvalue weighted by atomic mass is 10.1. The summed E-state index contributed by atoms with van der Waals surface area (Å²) < 4.78 is 10.1. The summed E-state index contributed by atoms with van der Waals surface area (Å²) in [6.45, 7) is 5.34. The van der Waals surface area contributed by atoms with Crippen LogP contribution in [0.25, 0.3) is 0 Å². The van der Waals surface area contributed by atoms with Crippen LogP contribution < -0.4 is 4.74 Å². The van der Waals surface area contributed by atoms with Crippen molar-refractivity contribution < 1.29 is 14.3 Å². The quantitative estimate of drug-likeness (QED) is 0.564. The van der Waals surface area contributed by atoms with E-state index < -0.39 is 6.10 Å². The molecule has 0 N–H and O–H groups in total. The van der Waals surface area contributed by atoms with Crippen LogP contribution in [0.4, 0.5) is 0 Å². The number of hydrogen-bond donors (Lipinski definition) is 0. The van der Waals surface area contributed by atoms with Gasteiger partial charge in [-0.2, -0.15) is 0 Å². The van der Waals surface area contributed by atoms with Crippen LogP contribution >= 0.6 is 0 Å². The van der Waals surface area contributed by atoms with Gasteiger partial charge >= 0.3 is 5.97 Å². The van der Waals surface area contributed by atoms with Crippen LogP contribution in [0.1, 0.15) is 12.5 Å². The first-order valence-electron chi connectivity index (χ1n) is 5.12. The number of ether oxygens (including phenoxy) is 2. The highest BCUT2D eigenvalue weighted by molar-refractivity contribution is 5.74. The number of rotatable bonds is 5. The molecule has 0 bridgehead atoms. The number of benzene rings is 1. The van der Waals surface area contributed by atoms with Gasteiger partial charge in [0.1, 0.15) is 5.75 Å². The number of para-hydroxylation sites is 1. The van der Waals surface area contributed by atoms with Gasteiger partial charge in [-0.25, -0.2) is 4.79 Å². The van der Waals surface area contributed by atoms with Crippen molar-refractivity contribution >= 4 is 5.97 Å². The Balaban J connectivity index is 2.79. The SMILES string of the molecule is C=CCc1ccccc1OC(C)C(=O)OC. The molecule has 0 spiro atoms. The third kappa shape index (κ3) is 3.12. The van der Waals surface area contributed by atoms with Gasteiger partial charge in [0.25, 0.3) is 0 Å². The smallest absolute Gasteiger partial charge is 0.346 e. The lowest BCUT2D eigenvalue weighted by molar-refractivity contribution is -0.147. The second kappa shape index (κ2) is 5.95. The highest BCUT2D eigenvalue weighted by Crippen LogP contribution is 2.20. The van der Waals surface area contributed by atoms with Gasteiger partial charge in [0.05, 0.1) is 7.11 Å². The minimum atomic E-state index is -0.601. The molecule has 1 unspecified atom stereocenters. The molecule has 0 aromatic heterocycles. The molecule has 0 aliphatic heterocycles. The molecule has 3 heteroatoms. The van der Waals surface area contributed by atoms with Crippen molar-refractivity contribution in [2.75, 3.05) is 7.11 Å². The first-order chi connectivity index (χ1) is 7.69. The van der Waals surface area contributed by atoms with E-state index in [0.29, 0.717) is 12.2 Å². The van der Waals surface area contributed by atoms with Crippen molar-refractivity contribution in [2.24, 2.45) is 0 Å². The van der Waals surface area contributed by atoms with Gasteiger partial charge in [-0.05, 0) is 25.0 Å². The van der Waals surface area contributed by atoms with Crippen molar-refractivity contribution in [1.82, 2.24) is 0 Å². The molecule has 3 nitrogen and oxygen atoms in total. The van der Waals surface area contributed by atoms with E-state index in [4.69, 9.17) is 4.74 Å². The molecule has 16 heavy (non-hydrogen) atoms. The van der Waals surface area contributed by atoms with Crippen LogP contribution in [0.5, 0.6) is 5.75 Å². The summed E-state index contributed by atoms with van der Waals surface area (Å²) in [7, 11) is 1.35. The van der Waals surface area contributed by atoms with E-state index in [0.717, 1.165) is 5.56 Å². The van der Waals surface area contributed by atoms with Gasteiger partial charge in [0.2, 0.25) is 0 Å². The van der Waals surface area contributed by atoms with Crippen LogP contribution in [0.3, 0.4) is 0 Å². The van der Waals surface area contributed by atoms with E-state index in [9.17, 15) is 4.79 Å². The number of methoxy groups -OCH3 is 1. The normalized spacial score (nSPS) is 11.6. The summed E-state index contributed by atoms with van der Waals surface area (Å²) in [5.74, 6) is 0.314. The summed E-state index contributed by atoms with van der Waals surface area (Å²) in [5, 5.41) is 0. The Morgan fingerprint density at radius 3 is 2.81 bits per heavy atom. The predicted octanol–water partition coefficient (Wildman–Crippen LogP) is 2.36. The van der Waals surface area contributed by atoms with Gasteiger partial charge in [0, 0.05) is 0 Å². The largest absolute Gasteiger partial charge is 0.479 e. The standard InChI is InChI=1S/C13H16O3/c1-4-7-11-8-5-6-9-12(11)16-10(2)13(14)15-3/h4-6,8-10H,1,7H2,2-3H3.